The smallest absolute Gasteiger partial charge is 0.163 e. The van der Waals surface area contributed by atoms with Crippen LogP contribution in [0.4, 0.5) is 5.82 Å². The average Bonchev–Trinajstić information content (AvgIpc) is 2.94. The Morgan fingerprint density at radius 2 is 2.12 bits per heavy atom. The molecule has 3 aromatic rings. The maximum atomic E-state index is 6.13. The molecular formula is C19H22ClN5O. The SMILES string of the molecule is CC(C)(C)n1ncc2c(NC3CCCOc4cc(Cl)ccc43)ncnc21. The zero-order valence-electron chi connectivity index (χ0n) is 15.2. The maximum absolute atomic E-state index is 6.13. The number of fused-ring (bicyclic) bond motifs is 2. The van der Waals surface area contributed by atoms with Crippen LogP contribution in [0, 0.1) is 0 Å². The van der Waals surface area contributed by atoms with E-state index in [4.69, 9.17) is 16.3 Å². The molecule has 1 N–H and O–H groups in total. The third-order valence-corrected chi connectivity index (χ3v) is 4.79. The summed E-state index contributed by atoms with van der Waals surface area (Å²) in [5, 5.41) is 9.70. The minimum atomic E-state index is -0.146. The number of hydrogen-bond donors (Lipinski definition) is 1. The second kappa shape index (κ2) is 6.43. The standard InChI is InChI=1S/C19H22ClN5O/c1-19(2,3)25-18-14(10-23-25)17(21-11-22-18)24-15-5-4-8-26-16-9-12(20)6-7-13(15)16/h6-7,9-11,15H,4-5,8H2,1-3H3,(H,21,22,24). The lowest BCUT2D eigenvalue weighted by Crippen LogP contribution is -2.23. The molecule has 1 aliphatic rings. The van der Waals surface area contributed by atoms with Crippen molar-refractivity contribution in [2.45, 2.75) is 45.2 Å². The number of hydrogen-bond acceptors (Lipinski definition) is 5. The van der Waals surface area contributed by atoms with Crippen molar-refractivity contribution in [1.82, 2.24) is 19.7 Å². The topological polar surface area (TPSA) is 64.9 Å². The molecule has 0 bridgehead atoms. The van der Waals surface area contributed by atoms with Crippen molar-refractivity contribution < 1.29 is 4.74 Å². The molecule has 1 aliphatic heterocycles. The Kier molecular flexibility index (Phi) is 4.23. The normalized spacial score (nSPS) is 17.5. The first-order valence-corrected chi connectivity index (χ1v) is 9.19. The third-order valence-electron chi connectivity index (χ3n) is 4.56. The van der Waals surface area contributed by atoms with Gasteiger partial charge in [0.05, 0.1) is 29.8 Å². The van der Waals surface area contributed by atoms with Gasteiger partial charge >= 0.3 is 0 Å². The van der Waals surface area contributed by atoms with E-state index in [9.17, 15) is 0 Å². The summed E-state index contributed by atoms with van der Waals surface area (Å²) in [6.45, 7) is 7.01. The number of rotatable bonds is 2. The molecule has 7 heteroatoms. The minimum Gasteiger partial charge on any atom is -0.493 e. The Bertz CT molecular complexity index is 947. The van der Waals surface area contributed by atoms with E-state index in [1.807, 2.05) is 29.1 Å². The van der Waals surface area contributed by atoms with Gasteiger partial charge in [0.25, 0.3) is 0 Å². The van der Waals surface area contributed by atoms with E-state index in [1.54, 1.807) is 6.33 Å². The quantitative estimate of drug-likeness (QED) is 0.715. The lowest BCUT2D eigenvalue weighted by molar-refractivity contribution is 0.316. The zero-order valence-corrected chi connectivity index (χ0v) is 15.9. The van der Waals surface area contributed by atoms with Gasteiger partial charge in [0.2, 0.25) is 0 Å². The van der Waals surface area contributed by atoms with Crippen LogP contribution >= 0.6 is 11.6 Å². The van der Waals surface area contributed by atoms with E-state index >= 15 is 0 Å². The molecule has 6 nitrogen and oxygen atoms in total. The highest BCUT2D eigenvalue weighted by Gasteiger charge is 2.23. The molecule has 0 radical (unpaired) electrons. The predicted octanol–water partition coefficient (Wildman–Crippen LogP) is 4.56. The summed E-state index contributed by atoms with van der Waals surface area (Å²) in [6.07, 6.45) is 5.33. The van der Waals surface area contributed by atoms with Crippen LogP contribution in [0.5, 0.6) is 5.75 Å². The number of nitrogens with zero attached hydrogens (tertiary/aromatic N) is 4. The molecule has 0 amide bonds. The fourth-order valence-electron chi connectivity index (χ4n) is 3.31. The summed E-state index contributed by atoms with van der Waals surface area (Å²) in [6, 6.07) is 5.90. The molecule has 1 atom stereocenters. The van der Waals surface area contributed by atoms with Gasteiger partial charge in [-0.1, -0.05) is 17.7 Å². The largest absolute Gasteiger partial charge is 0.493 e. The summed E-state index contributed by atoms with van der Waals surface area (Å²) < 4.78 is 7.79. The average molecular weight is 372 g/mol. The molecule has 136 valence electrons. The second-order valence-electron chi connectivity index (χ2n) is 7.56. The first kappa shape index (κ1) is 17.1. The molecule has 0 aliphatic carbocycles. The number of nitrogens with one attached hydrogen (secondary N) is 1. The fraction of sp³-hybridized carbons (Fsp3) is 0.421. The Morgan fingerprint density at radius 1 is 1.27 bits per heavy atom. The van der Waals surface area contributed by atoms with Crippen molar-refractivity contribution >= 4 is 28.5 Å². The Labute approximate surface area is 157 Å². The van der Waals surface area contributed by atoms with Gasteiger partial charge in [-0.05, 0) is 45.7 Å². The minimum absolute atomic E-state index is 0.0980. The predicted molar refractivity (Wildman–Crippen MR) is 103 cm³/mol. The summed E-state index contributed by atoms with van der Waals surface area (Å²) in [4.78, 5) is 8.92. The third kappa shape index (κ3) is 3.09. The molecule has 0 spiro atoms. The highest BCUT2D eigenvalue weighted by atomic mass is 35.5. The van der Waals surface area contributed by atoms with Gasteiger partial charge in [0.15, 0.2) is 5.65 Å². The van der Waals surface area contributed by atoms with Crippen LogP contribution in [0.2, 0.25) is 5.02 Å². The number of halogens is 1. The van der Waals surface area contributed by atoms with E-state index in [1.165, 1.54) is 0 Å². The van der Waals surface area contributed by atoms with Crippen molar-refractivity contribution in [1.29, 1.82) is 0 Å². The highest BCUT2D eigenvalue weighted by Crippen LogP contribution is 2.36. The van der Waals surface area contributed by atoms with E-state index < -0.39 is 0 Å². The lowest BCUT2D eigenvalue weighted by atomic mass is 10.0. The molecule has 1 unspecified atom stereocenters. The molecule has 4 rings (SSSR count). The number of ether oxygens (including phenoxy) is 1. The Morgan fingerprint density at radius 3 is 2.92 bits per heavy atom. The fourth-order valence-corrected chi connectivity index (χ4v) is 3.47. The van der Waals surface area contributed by atoms with E-state index in [2.05, 4.69) is 41.2 Å². The van der Waals surface area contributed by atoms with E-state index in [0.29, 0.717) is 11.6 Å². The van der Waals surface area contributed by atoms with E-state index in [0.717, 1.165) is 41.0 Å². The van der Waals surface area contributed by atoms with Crippen LogP contribution < -0.4 is 10.1 Å². The van der Waals surface area contributed by atoms with Gasteiger partial charge in [-0.2, -0.15) is 5.10 Å². The van der Waals surface area contributed by atoms with Crippen molar-refractivity contribution in [3.8, 4) is 5.75 Å². The summed E-state index contributed by atoms with van der Waals surface area (Å²) in [7, 11) is 0. The second-order valence-corrected chi connectivity index (χ2v) is 7.99. The van der Waals surface area contributed by atoms with Crippen LogP contribution in [-0.2, 0) is 5.54 Å². The van der Waals surface area contributed by atoms with Gasteiger partial charge < -0.3 is 10.1 Å². The van der Waals surface area contributed by atoms with Crippen LogP contribution in [-0.4, -0.2) is 26.4 Å². The molecule has 0 saturated heterocycles. The van der Waals surface area contributed by atoms with Gasteiger partial charge in [0, 0.05) is 10.6 Å². The van der Waals surface area contributed by atoms with Gasteiger partial charge in [-0.25, -0.2) is 14.6 Å². The molecule has 0 saturated carbocycles. The van der Waals surface area contributed by atoms with Crippen LogP contribution in [0.15, 0.2) is 30.7 Å². The van der Waals surface area contributed by atoms with Crippen LogP contribution in [0.25, 0.3) is 11.0 Å². The maximum Gasteiger partial charge on any atom is 0.163 e. The summed E-state index contributed by atoms with van der Waals surface area (Å²) in [5.41, 5.74) is 1.78. The van der Waals surface area contributed by atoms with Gasteiger partial charge in [-0.3, -0.25) is 0 Å². The summed E-state index contributed by atoms with van der Waals surface area (Å²) in [5.74, 6) is 1.63. The van der Waals surface area contributed by atoms with Crippen molar-refractivity contribution in [2.24, 2.45) is 0 Å². The highest BCUT2D eigenvalue weighted by molar-refractivity contribution is 6.30. The van der Waals surface area contributed by atoms with Crippen molar-refractivity contribution in [2.75, 3.05) is 11.9 Å². The molecular weight excluding hydrogens is 350 g/mol. The van der Waals surface area contributed by atoms with Crippen LogP contribution in [0.3, 0.4) is 0 Å². The molecule has 2 aromatic heterocycles. The lowest BCUT2D eigenvalue weighted by Gasteiger charge is -2.21. The first-order chi connectivity index (χ1) is 12.4. The molecule has 26 heavy (non-hydrogen) atoms. The molecule has 3 heterocycles. The first-order valence-electron chi connectivity index (χ1n) is 8.81. The van der Waals surface area contributed by atoms with E-state index in [-0.39, 0.29) is 11.6 Å². The summed E-state index contributed by atoms with van der Waals surface area (Å²) >= 11 is 6.13. The van der Waals surface area contributed by atoms with Crippen LogP contribution in [0.1, 0.15) is 45.2 Å². The Hall–Kier alpha value is -2.34. The Balaban J connectivity index is 1.73. The molecule has 1 aromatic carbocycles. The van der Waals surface area contributed by atoms with Crippen molar-refractivity contribution in [3.05, 3.63) is 41.3 Å². The van der Waals surface area contributed by atoms with Gasteiger partial charge in [-0.15, -0.1) is 0 Å². The number of anilines is 1. The van der Waals surface area contributed by atoms with Gasteiger partial charge in [0.1, 0.15) is 17.9 Å². The van der Waals surface area contributed by atoms with Crippen molar-refractivity contribution in [3.63, 3.8) is 0 Å². The number of benzene rings is 1. The monoisotopic (exact) mass is 371 g/mol. The number of aromatic nitrogens is 4. The molecule has 0 fully saturated rings. The zero-order chi connectivity index (χ0) is 18.3.